The van der Waals surface area contributed by atoms with E-state index >= 15 is 0 Å². The zero-order valence-corrected chi connectivity index (χ0v) is 7.73. The summed E-state index contributed by atoms with van der Waals surface area (Å²) in [7, 11) is 0. The molecule has 0 aliphatic heterocycles. The van der Waals surface area contributed by atoms with Gasteiger partial charge >= 0.3 is 0 Å². The van der Waals surface area contributed by atoms with Crippen molar-refractivity contribution in [2.75, 3.05) is 0 Å². The largest absolute Gasteiger partial charge is 0.230 e. The van der Waals surface area contributed by atoms with Gasteiger partial charge in [0.1, 0.15) is 17.8 Å². The van der Waals surface area contributed by atoms with Crippen LogP contribution in [-0.4, -0.2) is 9.78 Å². The fourth-order valence-corrected chi connectivity index (χ4v) is 1.21. The van der Waals surface area contributed by atoms with Crippen molar-refractivity contribution in [3.63, 3.8) is 0 Å². The first-order chi connectivity index (χ1) is 6.81. The van der Waals surface area contributed by atoms with Crippen molar-refractivity contribution in [2.24, 2.45) is 0 Å². The highest BCUT2D eigenvalue weighted by Gasteiger charge is 2.05. The average molecular weight is 182 g/mol. The molecule has 3 heteroatoms. The summed E-state index contributed by atoms with van der Waals surface area (Å²) < 4.78 is 1.59. The minimum atomic E-state index is 0.494. The van der Waals surface area contributed by atoms with Gasteiger partial charge in [-0.25, -0.2) is 4.68 Å². The number of para-hydroxylation sites is 1. The molecule has 0 unspecified atom stereocenters. The van der Waals surface area contributed by atoms with Crippen LogP contribution >= 0.6 is 0 Å². The molecule has 1 aromatic heterocycles. The summed E-state index contributed by atoms with van der Waals surface area (Å²) in [6, 6.07) is 11.7. The molecule has 14 heavy (non-hydrogen) atoms. The number of rotatable bonds is 1. The molecule has 0 fully saturated rings. The number of nitriles is 1. The lowest BCUT2D eigenvalue weighted by atomic mass is 10.3. The molecule has 67 valence electrons. The number of benzene rings is 1. The van der Waals surface area contributed by atoms with Gasteiger partial charge in [-0.3, -0.25) is 0 Å². The van der Waals surface area contributed by atoms with Crippen molar-refractivity contribution in [3.05, 3.63) is 47.8 Å². The van der Waals surface area contributed by atoms with Crippen molar-refractivity contribution < 1.29 is 0 Å². The molecule has 0 atom stereocenters. The van der Waals surface area contributed by atoms with Gasteiger partial charge in [0.05, 0.1) is 11.4 Å². The van der Waals surface area contributed by atoms with Gasteiger partial charge in [-0.15, -0.1) is 0 Å². The Hall–Kier alpha value is -2.08. The number of aryl methyl sites for hydroxylation is 1. The Bertz CT molecular complexity index is 477. The number of aromatic nitrogens is 2. The average Bonchev–Trinajstić information content (AvgIpc) is 2.61. The van der Waals surface area contributed by atoms with Gasteiger partial charge in [0.15, 0.2) is 0 Å². The molecule has 2 aromatic rings. The Labute approximate surface area is 82.2 Å². The van der Waals surface area contributed by atoms with Crippen LogP contribution in [0.4, 0.5) is 0 Å². The quantitative estimate of drug-likeness (QED) is 0.675. The van der Waals surface area contributed by atoms with E-state index in [1.165, 1.54) is 0 Å². The van der Waals surface area contributed by atoms with Gasteiger partial charge in [0, 0.05) is 0 Å². The van der Waals surface area contributed by atoms with Crippen LogP contribution in [0.25, 0.3) is 5.69 Å². The Morgan fingerprint density at radius 3 is 2.64 bits per heavy atom. The normalized spacial score (nSPS) is 9.71. The fourth-order valence-electron chi connectivity index (χ4n) is 1.21. The second-order valence-corrected chi connectivity index (χ2v) is 2.93. The van der Waals surface area contributed by atoms with E-state index in [9.17, 15) is 0 Å². The molecule has 1 aromatic carbocycles. The second kappa shape index (κ2) is 3.35. The third-order valence-electron chi connectivity index (χ3n) is 1.94. The molecule has 1 radical (unpaired) electrons. The van der Waals surface area contributed by atoms with Gasteiger partial charge < -0.3 is 0 Å². The van der Waals surface area contributed by atoms with E-state index in [1.54, 1.807) is 11.6 Å². The zero-order chi connectivity index (χ0) is 9.97. The molecule has 0 N–H and O–H groups in total. The van der Waals surface area contributed by atoms with Crippen molar-refractivity contribution in [3.8, 4) is 11.8 Å². The van der Waals surface area contributed by atoms with Crippen LogP contribution in [0.1, 0.15) is 11.3 Å². The van der Waals surface area contributed by atoms with Gasteiger partial charge in [0.25, 0.3) is 0 Å². The van der Waals surface area contributed by atoms with Crippen LogP contribution < -0.4 is 0 Å². The van der Waals surface area contributed by atoms with Crippen molar-refractivity contribution in [1.29, 1.82) is 5.26 Å². The molecule has 1 heterocycles. The van der Waals surface area contributed by atoms with Crippen LogP contribution in [0.5, 0.6) is 0 Å². The molecule has 0 spiro atoms. The molecule has 0 amide bonds. The Morgan fingerprint density at radius 2 is 2.07 bits per heavy atom. The maximum atomic E-state index is 8.74. The summed E-state index contributed by atoms with van der Waals surface area (Å²) in [5.74, 6) is 0. The minimum absolute atomic E-state index is 0.494. The van der Waals surface area contributed by atoms with Gasteiger partial charge in [0.2, 0.25) is 0 Å². The SMILES string of the molecule is Cc1nn(-c2ccccc2)[c]c1C#N. The number of hydrogen-bond acceptors (Lipinski definition) is 2. The molecule has 3 nitrogen and oxygen atoms in total. The molecule has 0 saturated heterocycles. The first-order valence-corrected chi connectivity index (χ1v) is 4.26. The van der Waals surface area contributed by atoms with E-state index < -0.39 is 0 Å². The molecule has 0 bridgehead atoms. The number of nitrogens with zero attached hydrogens (tertiary/aromatic N) is 3. The van der Waals surface area contributed by atoms with Crippen molar-refractivity contribution >= 4 is 0 Å². The van der Waals surface area contributed by atoms with Crippen LogP contribution in [0, 0.1) is 24.5 Å². The second-order valence-electron chi connectivity index (χ2n) is 2.93. The van der Waals surface area contributed by atoms with E-state index in [1.807, 2.05) is 36.4 Å². The molecule has 0 saturated carbocycles. The van der Waals surface area contributed by atoms with Gasteiger partial charge in [-0.2, -0.15) is 10.4 Å². The minimum Gasteiger partial charge on any atom is -0.230 e. The standard InChI is InChI=1S/C11H8N3/c1-9-10(7-12)8-14(13-9)11-5-3-2-4-6-11/h2-6H,1H3. The van der Waals surface area contributed by atoms with Crippen LogP contribution in [0.15, 0.2) is 30.3 Å². The topological polar surface area (TPSA) is 41.6 Å². The highest BCUT2D eigenvalue weighted by atomic mass is 15.3. The van der Waals surface area contributed by atoms with Gasteiger partial charge in [-0.05, 0) is 19.1 Å². The lowest BCUT2D eigenvalue weighted by Crippen LogP contribution is -1.93. The number of hydrogen-bond donors (Lipinski definition) is 0. The van der Waals surface area contributed by atoms with Crippen molar-refractivity contribution in [1.82, 2.24) is 9.78 Å². The molecule has 2 rings (SSSR count). The highest BCUT2D eigenvalue weighted by Crippen LogP contribution is 2.09. The predicted octanol–water partition coefficient (Wildman–Crippen LogP) is 1.85. The Kier molecular flexibility index (Phi) is 2.04. The fraction of sp³-hybridized carbons (Fsp3) is 0.0909. The summed E-state index contributed by atoms with van der Waals surface area (Å²) in [4.78, 5) is 0. The lowest BCUT2D eigenvalue weighted by molar-refractivity contribution is 0.857. The van der Waals surface area contributed by atoms with E-state index in [-0.39, 0.29) is 0 Å². The highest BCUT2D eigenvalue weighted by molar-refractivity contribution is 5.35. The maximum absolute atomic E-state index is 8.74. The van der Waals surface area contributed by atoms with Crippen LogP contribution in [0.2, 0.25) is 0 Å². The third kappa shape index (κ3) is 1.38. The monoisotopic (exact) mass is 182 g/mol. The molecular formula is C11H8N3. The molecular weight excluding hydrogens is 174 g/mol. The summed E-state index contributed by atoms with van der Waals surface area (Å²) in [6.07, 6.45) is 2.89. The van der Waals surface area contributed by atoms with Crippen LogP contribution in [0.3, 0.4) is 0 Å². The zero-order valence-electron chi connectivity index (χ0n) is 7.73. The van der Waals surface area contributed by atoms with E-state index in [2.05, 4.69) is 11.3 Å². The summed E-state index contributed by atoms with van der Waals surface area (Å²) >= 11 is 0. The smallest absolute Gasteiger partial charge is 0.112 e. The van der Waals surface area contributed by atoms with Crippen molar-refractivity contribution in [2.45, 2.75) is 6.92 Å². The summed E-state index contributed by atoms with van der Waals surface area (Å²) in [6.45, 7) is 1.80. The van der Waals surface area contributed by atoms with Crippen LogP contribution in [-0.2, 0) is 0 Å². The summed E-state index contributed by atoms with van der Waals surface area (Å²) in [5.41, 5.74) is 2.11. The van der Waals surface area contributed by atoms with E-state index in [0.29, 0.717) is 11.3 Å². The predicted molar refractivity (Wildman–Crippen MR) is 51.9 cm³/mol. The molecule has 0 aliphatic rings. The first-order valence-electron chi connectivity index (χ1n) is 4.26. The molecule has 0 aliphatic carbocycles. The first kappa shape index (κ1) is 8.52. The Morgan fingerprint density at radius 1 is 1.36 bits per heavy atom. The Balaban J connectivity index is 2.50. The van der Waals surface area contributed by atoms with E-state index in [4.69, 9.17) is 5.26 Å². The van der Waals surface area contributed by atoms with E-state index in [0.717, 1.165) is 5.69 Å². The summed E-state index contributed by atoms with van der Waals surface area (Å²) in [5, 5.41) is 12.9. The third-order valence-corrected chi connectivity index (χ3v) is 1.94. The maximum Gasteiger partial charge on any atom is 0.112 e. The van der Waals surface area contributed by atoms with Gasteiger partial charge in [-0.1, -0.05) is 18.2 Å². The lowest BCUT2D eigenvalue weighted by Gasteiger charge is -1.97.